The molecule has 2 aromatic heterocycles. The normalized spacial score (nSPS) is 20.4. The third-order valence-corrected chi connectivity index (χ3v) is 7.48. The van der Waals surface area contributed by atoms with Crippen LogP contribution >= 0.6 is 11.3 Å². The van der Waals surface area contributed by atoms with Crippen molar-refractivity contribution in [3.05, 3.63) is 26.6 Å². The molecule has 0 radical (unpaired) electrons. The first-order chi connectivity index (χ1) is 14.0. The molecular formula is C22H32N4O2S. The van der Waals surface area contributed by atoms with Crippen molar-refractivity contribution < 1.29 is 4.79 Å². The van der Waals surface area contributed by atoms with Gasteiger partial charge in [0.1, 0.15) is 10.7 Å². The van der Waals surface area contributed by atoms with Crippen molar-refractivity contribution in [2.24, 2.45) is 5.92 Å². The number of hydrogen-bond acceptors (Lipinski definition) is 5. The third-order valence-electron chi connectivity index (χ3n) is 6.30. The Morgan fingerprint density at radius 3 is 2.93 bits per heavy atom. The van der Waals surface area contributed by atoms with Crippen molar-refractivity contribution in [1.29, 1.82) is 0 Å². The summed E-state index contributed by atoms with van der Waals surface area (Å²) < 4.78 is 1.83. The highest BCUT2D eigenvalue weighted by atomic mass is 32.1. The molecular weight excluding hydrogens is 384 g/mol. The largest absolute Gasteiger partial charge is 0.351 e. The molecule has 1 unspecified atom stereocenters. The lowest BCUT2D eigenvalue weighted by molar-refractivity contribution is 0.0953. The summed E-state index contributed by atoms with van der Waals surface area (Å²) in [6.07, 6.45) is 7.64. The second-order valence-corrected chi connectivity index (χ2v) is 9.69. The van der Waals surface area contributed by atoms with E-state index in [0.29, 0.717) is 21.6 Å². The first-order valence-electron chi connectivity index (χ1n) is 11.1. The lowest BCUT2D eigenvalue weighted by atomic mass is 10.0. The lowest BCUT2D eigenvalue weighted by Gasteiger charge is -2.30. The molecule has 29 heavy (non-hydrogen) atoms. The Balaban J connectivity index is 1.43. The number of nitrogens with one attached hydrogen (secondary N) is 1. The number of carbonyl (C=O) groups is 1. The van der Waals surface area contributed by atoms with Gasteiger partial charge >= 0.3 is 0 Å². The van der Waals surface area contributed by atoms with Gasteiger partial charge < -0.3 is 10.2 Å². The van der Waals surface area contributed by atoms with Gasteiger partial charge in [-0.15, -0.1) is 11.3 Å². The predicted molar refractivity (Wildman–Crippen MR) is 118 cm³/mol. The Labute approximate surface area is 176 Å². The fourth-order valence-electron chi connectivity index (χ4n) is 4.70. The maximum absolute atomic E-state index is 13.0. The molecule has 1 N–H and O–H groups in total. The van der Waals surface area contributed by atoms with Crippen molar-refractivity contribution in [3.63, 3.8) is 0 Å². The topological polar surface area (TPSA) is 67.2 Å². The summed E-state index contributed by atoms with van der Waals surface area (Å²) in [5.41, 5.74) is 0.809. The van der Waals surface area contributed by atoms with E-state index in [1.54, 1.807) is 0 Å². The highest BCUT2D eigenvalue weighted by Gasteiger charge is 2.22. The van der Waals surface area contributed by atoms with E-state index in [2.05, 4.69) is 17.1 Å². The smallest absolute Gasteiger partial charge is 0.262 e. The number of aromatic nitrogens is 2. The molecule has 2 aromatic rings. The van der Waals surface area contributed by atoms with Crippen LogP contribution < -0.4 is 10.9 Å². The van der Waals surface area contributed by atoms with Gasteiger partial charge in [-0.3, -0.25) is 14.2 Å². The maximum atomic E-state index is 13.0. The van der Waals surface area contributed by atoms with E-state index in [-0.39, 0.29) is 11.5 Å². The van der Waals surface area contributed by atoms with Gasteiger partial charge in [0.25, 0.3) is 11.5 Å². The van der Waals surface area contributed by atoms with Gasteiger partial charge in [-0.2, -0.15) is 0 Å². The number of rotatable bonds is 5. The van der Waals surface area contributed by atoms with E-state index in [1.807, 2.05) is 11.5 Å². The molecule has 0 bridgehead atoms. The summed E-state index contributed by atoms with van der Waals surface area (Å²) in [6, 6.07) is 0. The van der Waals surface area contributed by atoms with E-state index in [9.17, 15) is 9.59 Å². The monoisotopic (exact) mass is 416 g/mol. The number of amides is 1. The number of thiophene rings is 1. The van der Waals surface area contributed by atoms with Gasteiger partial charge in [0.2, 0.25) is 0 Å². The van der Waals surface area contributed by atoms with Gasteiger partial charge in [-0.1, -0.05) is 13.3 Å². The Kier molecular flexibility index (Phi) is 6.35. The van der Waals surface area contributed by atoms with Crippen LogP contribution in [0.2, 0.25) is 0 Å². The highest BCUT2D eigenvalue weighted by Crippen LogP contribution is 2.28. The fraction of sp³-hybridized carbons (Fsp3) is 0.682. The van der Waals surface area contributed by atoms with E-state index in [0.717, 1.165) is 62.5 Å². The Hall–Kier alpha value is -1.73. The minimum atomic E-state index is -0.0721. The van der Waals surface area contributed by atoms with Gasteiger partial charge in [-0.05, 0) is 63.6 Å². The Morgan fingerprint density at radius 1 is 1.24 bits per heavy atom. The van der Waals surface area contributed by atoms with Crippen molar-refractivity contribution >= 4 is 27.5 Å². The second kappa shape index (κ2) is 8.96. The summed E-state index contributed by atoms with van der Waals surface area (Å²) in [7, 11) is 0. The van der Waals surface area contributed by atoms with Crippen LogP contribution in [-0.2, 0) is 13.0 Å². The number of piperidine rings is 1. The Bertz CT molecular complexity index is 948. The molecule has 2 aliphatic rings. The van der Waals surface area contributed by atoms with E-state index in [4.69, 9.17) is 4.98 Å². The number of nitrogens with zero attached hydrogens (tertiary/aromatic N) is 3. The molecule has 0 aliphatic carbocycles. The van der Waals surface area contributed by atoms with Crippen LogP contribution in [0.15, 0.2) is 4.79 Å². The third kappa shape index (κ3) is 4.40. The molecule has 1 fully saturated rings. The molecule has 0 spiro atoms. The summed E-state index contributed by atoms with van der Waals surface area (Å²) in [4.78, 5) is 34.4. The number of hydrogen-bond donors (Lipinski definition) is 1. The summed E-state index contributed by atoms with van der Waals surface area (Å²) in [5.74, 6) is 1.59. The van der Waals surface area contributed by atoms with Crippen LogP contribution in [0.5, 0.6) is 0 Å². The standard InChI is InChI=1S/C22H32N4O2S/c1-15-8-6-11-25(14-15)12-7-10-23-20(27)19-16(2)18-21(29-19)24-17-9-4-3-5-13-26(17)22(18)28/h15H,3-14H2,1-2H3,(H,23,27). The van der Waals surface area contributed by atoms with Crippen molar-refractivity contribution in [2.45, 2.75) is 65.3 Å². The van der Waals surface area contributed by atoms with E-state index in [1.165, 1.54) is 37.3 Å². The summed E-state index contributed by atoms with van der Waals surface area (Å²) >= 11 is 1.37. The quantitative estimate of drug-likeness (QED) is 0.759. The summed E-state index contributed by atoms with van der Waals surface area (Å²) in [6.45, 7) is 8.98. The molecule has 4 heterocycles. The number of carbonyl (C=O) groups excluding carboxylic acids is 1. The van der Waals surface area contributed by atoms with Crippen molar-refractivity contribution in [3.8, 4) is 0 Å². The molecule has 1 atom stereocenters. The molecule has 0 aromatic carbocycles. The zero-order valence-corrected chi connectivity index (χ0v) is 18.4. The first-order valence-corrected chi connectivity index (χ1v) is 11.9. The molecule has 1 saturated heterocycles. The summed E-state index contributed by atoms with van der Waals surface area (Å²) in [5, 5.41) is 3.69. The molecule has 158 valence electrons. The minimum Gasteiger partial charge on any atom is -0.351 e. The molecule has 1 amide bonds. The average Bonchev–Trinajstić information content (AvgIpc) is 2.87. The zero-order chi connectivity index (χ0) is 20.4. The molecule has 2 aliphatic heterocycles. The second-order valence-electron chi connectivity index (χ2n) is 8.69. The number of likely N-dealkylation sites (tertiary alicyclic amines) is 1. The van der Waals surface area contributed by atoms with Crippen LogP contribution in [0.3, 0.4) is 0 Å². The highest BCUT2D eigenvalue weighted by molar-refractivity contribution is 7.20. The molecule has 6 nitrogen and oxygen atoms in total. The molecule has 0 saturated carbocycles. The maximum Gasteiger partial charge on any atom is 0.262 e. The zero-order valence-electron chi connectivity index (χ0n) is 17.6. The van der Waals surface area contributed by atoms with Gasteiger partial charge in [0.05, 0.1) is 10.3 Å². The molecule has 4 rings (SSSR count). The molecule has 7 heteroatoms. The van der Waals surface area contributed by atoms with E-state index < -0.39 is 0 Å². The van der Waals surface area contributed by atoms with Crippen LogP contribution in [0, 0.1) is 12.8 Å². The van der Waals surface area contributed by atoms with Gasteiger partial charge in [-0.25, -0.2) is 4.98 Å². The van der Waals surface area contributed by atoms with Crippen LogP contribution in [0.25, 0.3) is 10.2 Å². The Morgan fingerprint density at radius 2 is 2.10 bits per heavy atom. The minimum absolute atomic E-state index is 0.0268. The van der Waals surface area contributed by atoms with Crippen LogP contribution in [0.4, 0.5) is 0 Å². The van der Waals surface area contributed by atoms with Gasteiger partial charge in [0, 0.05) is 26.1 Å². The van der Waals surface area contributed by atoms with Crippen molar-refractivity contribution in [2.75, 3.05) is 26.2 Å². The average molecular weight is 417 g/mol. The van der Waals surface area contributed by atoms with Crippen LogP contribution in [0.1, 0.15) is 66.5 Å². The first kappa shape index (κ1) is 20.5. The number of fused-ring (bicyclic) bond motifs is 2. The SMILES string of the molecule is Cc1c(C(=O)NCCCN2CCCC(C)C2)sc2nc3n(c(=O)c12)CCCCC3. The van der Waals surface area contributed by atoms with Crippen LogP contribution in [-0.4, -0.2) is 46.5 Å². The predicted octanol–water partition coefficient (Wildman–Crippen LogP) is 3.34. The fourth-order valence-corrected chi connectivity index (χ4v) is 5.81. The van der Waals surface area contributed by atoms with E-state index >= 15 is 0 Å². The van der Waals surface area contributed by atoms with Gasteiger partial charge in [0.15, 0.2) is 0 Å². The van der Waals surface area contributed by atoms with Crippen molar-refractivity contribution in [1.82, 2.24) is 19.8 Å². The lowest BCUT2D eigenvalue weighted by Crippen LogP contribution is -2.36. The number of aryl methyl sites for hydroxylation is 2.